The standard InChI is InChI=1S/C15H17N3O4/c1-2-9-20-15(19)22-18-13(16)10-21-12-7-3-5-11-6-4-8-17-14(11)12/h3-8H,2,9-10H2,1H3,(H2,16,18). The third-order valence-corrected chi connectivity index (χ3v) is 2.63. The molecule has 0 aliphatic heterocycles. The van der Waals surface area contributed by atoms with Crippen LogP contribution in [0.4, 0.5) is 4.79 Å². The van der Waals surface area contributed by atoms with E-state index in [2.05, 4.69) is 19.7 Å². The van der Waals surface area contributed by atoms with E-state index in [-0.39, 0.29) is 19.0 Å². The highest BCUT2D eigenvalue weighted by atomic mass is 16.8. The van der Waals surface area contributed by atoms with Crippen LogP contribution in [0.5, 0.6) is 5.75 Å². The molecule has 0 radical (unpaired) electrons. The van der Waals surface area contributed by atoms with E-state index in [9.17, 15) is 4.79 Å². The minimum atomic E-state index is -0.892. The summed E-state index contributed by atoms with van der Waals surface area (Å²) in [7, 11) is 0. The highest BCUT2D eigenvalue weighted by Crippen LogP contribution is 2.22. The smallest absolute Gasteiger partial charge is 0.483 e. The zero-order valence-electron chi connectivity index (χ0n) is 12.2. The molecule has 0 spiro atoms. The first-order valence-electron chi connectivity index (χ1n) is 6.83. The molecule has 2 rings (SSSR count). The maximum absolute atomic E-state index is 11.1. The summed E-state index contributed by atoms with van der Waals surface area (Å²) in [5, 5.41) is 4.40. The van der Waals surface area contributed by atoms with Gasteiger partial charge in [0.25, 0.3) is 0 Å². The van der Waals surface area contributed by atoms with Gasteiger partial charge in [0.1, 0.15) is 17.9 Å². The summed E-state index contributed by atoms with van der Waals surface area (Å²) in [5.41, 5.74) is 6.34. The summed E-state index contributed by atoms with van der Waals surface area (Å²) in [6, 6.07) is 9.33. The van der Waals surface area contributed by atoms with Gasteiger partial charge in [0.2, 0.25) is 0 Å². The lowest BCUT2D eigenvalue weighted by Gasteiger charge is -2.07. The molecule has 0 unspecified atom stereocenters. The average molecular weight is 303 g/mol. The minimum Gasteiger partial charge on any atom is -0.483 e. The van der Waals surface area contributed by atoms with Crippen LogP contribution in [-0.4, -0.2) is 30.2 Å². The van der Waals surface area contributed by atoms with Crippen molar-refractivity contribution in [3.63, 3.8) is 0 Å². The minimum absolute atomic E-state index is 0.0152. The van der Waals surface area contributed by atoms with Crippen LogP contribution < -0.4 is 10.5 Å². The molecule has 2 aromatic rings. The lowest BCUT2D eigenvalue weighted by atomic mass is 10.2. The molecule has 7 nitrogen and oxygen atoms in total. The highest BCUT2D eigenvalue weighted by Gasteiger charge is 2.06. The topological polar surface area (TPSA) is 96.0 Å². The third-order valence-electron chi connectivity index (χ3n) is 2.63. The summed E-state index contributed by atoms with van der Waals surface area (Å²) >= 11 is 0. The largest absolute Gasteiger partial charge is 0.535 e. The van der Waals surface area contributed by atoms with Gasteiger partial charge < -0.3 is 15.2 Å². The van der Waals surface area contributed by atoms with Gasteiger partial charge in [-0.05, 0) is 18.6 Å². The summed E-state index contributed by atoms with van der Waals surface area (Å²) < 4.78 is 10.2. The first kappa shape index (κ1) is 15.6. The zero-order chi connectivity index (χ0) is 15.8. The van der Waals surface area contributed by atoms with Gasteiger partial charge in [-0.1, -0.05) is 30.3 Å². The van der Waals surface area contributed by atoms with Crippen molar-refractivity contribution in [3.05, 3.63) is 36.5 Å². The van der Waals surface area contributed by atoms with Crippen molar-refractivity contribution in [2.24, 2.45) is 10.9 Å². The number of fused-ring (bicyclic) bond motifs is 1. The predicted molar refractivity (Wildman–Crippen MR) is 81.6 cm³/mol. The number of carbonyl (C=O) groups is 1. The number of benzene rings is 1. The lowest BCUT2D eigenvalue weighted by molar-refractivity contribution is 0.0570. The first-order valence-corrected chi connectivity index (χ1v) is 6.83. The highest BCUT2D eigenvalue weighted by molar-refractivity contribution is 5.85. The van der Waals surface area contributed by atoms with Crippen LogP contribution in [0.3, 0.4) is 0 Å². The Kier molecular flexibility index (Phi) is 5.53. The van der Waals surface area contributed by atoms with Crippen LogP contribution in [0, 0.1) is 0 Å². The van der Waals surface area contributed by atoms with Gasteiger partial charge in [0.15, 0.2) is 5.84 Å². The molecule has 0 fully saturated rings. The van der Waals surface area contributed by atoms with Crippen molar-refractivity contribution in [1.29, 1.82) is 0 Å². The van der Waals surface area contributed by atoms with Gasteiger partial charge in [-0.25, -0.2) is 4.79 Å². The summed E-state index contributed by atoms with van der Waals surface area (Å²) in [6.45, 7) is 2.11. The summed E-state index contributed by atoms with van der Waals surface area (Å²) in [6.07, 6.45) is 1.49. The number of amidine groups is 1. The Morgan fingerprint density at radius 2 is 2.14 bits per heavy atom. The monoisotopic (exact) mass is 303 g/mol. The lowest BCUT2D eigenvalue weighted by Crippen LogP contribution is -2.22. The molecule has 0 atom stereocenters. The maximum atomic E-state index is 11.1. The van der Waals surface area contributed by atoms with E-state index in [1.165, 1.54) is 0 Å². The van der Waals surface area contributed by atoms with Gasteiger partial charge >= 0.3 is 6.16 Å². The normalized spacial score (nSPS) is 11.2. The van der Waals surface area contributed by atoms with Crippen molar-refractivity contribution in [2.75, 3.05) is 13.2 Å². The van der Waals surface area contributed by atoms with Crippen molar-refractivity contribution in [1.82, 2.24) is 4.98 Å². The van der Waals surface area contributed by atoms with E-state index in [0.29, 0.717) is 12.2 Å². The van der Waals surface area contributed by atoms with E-state index >= 15 is 0 Å². The molecule has 7 heteroatoms. The molecule has 2 N–H and O–H groups in total. The number of nitrogens with two attached hydrogens (primary N) is 1. The predicted octanol–water partition coefficient (Wildman–Crippen LogP) is 2.45. The van der Waals surface area contributed by atoms with E-state index < -0.39 is 6.16 Å². The Morgan fingerprint density at radius 1 is 1.32 bits per heavy atom. The fourth-order valence-electron chi connectivity index (χ4n) is 1.68. The molecule has 116 valence electrons. The fraction of sp³-hybridized carbons (Fsp3) is 0.267. The van der Waals surface area contributed by atoms with Crippen molar-refractivity contribution in [2.45, 2.75) is 13.3 Å². The number of hydrogen-bond acceptors (Lipinski definition) is 6. The Hall–Kier alpha value is -2.83. The maximum Gasteiger partial charge on any atom is 0.535 e. The quantitative estimate of drug-likeness (QED) is 0.289. The van der Waals surface area contributed by atoms with Crippen LogP contribution in [0.1, 0.15) is 13.3 Å². The molecular weight excluding hydrogens is 286 g/mol. The van der Waals surface area contributed by atoms with Gasteiger partial charge in [0, 0.05) is 11.6 Å². The van der Waals surface area contributed by atoms with Crippen LogP contribution >= 0.6 is 0 Å². The van der Waals surface area contributed by atoms with Gasteiger partial charge in [-0.15, -0.1) is 0 Å². The molecular formula is C15H17N3O4. The van der Waals surface area contributed by atoms with Crippen molar-refractivity contribution >= 4 is 22.9 Å². The second-order valence-corrected chi connectivity index (χ2v) is 4.39. The Balaban J connectivity index is 1.92. The van der Waals surface area contributed by atoms with E-state index in [1.54, 1.807) is 12.3 Å². The number of carbonyl (C=O) groups excluding carboxylic acids is 1. The second kappa shape index (κ2) is 7.82. The fourth-order valence-corrected chi connectivity index (χ4v) is 1.68. The molecule has 1 heterocycles. The molecule has 0 aliphatic carbocycles. The van der Waals surface area contributed by atoms with Crippen molar-refractivity contribution < 1.29 is 19.1 Å². The van der Waals surface area contributed by atoms with Crippen LogP contribution in [-0.2, 0) is 9.57 Å². The van der Waals surface area contributed by atoms with E-state index in [4.69, 9.17) is 10.5 Å². The third kappa shape index (κ3) is 4.34. The first-order chi connectivity index (χ1) is 10.7. The molecule has 1 aromatic carbocycles. The molecule has 0 amide bonds. The van der Waals surface area contributed by atoms with Crippen molar-refractivity contribution in [3.8, 4) is 5.75 Å². The Bertz CT molecular complexity index is 667. The SMILES string of the molecule is CCCOC(=O)O/N=C(\N)COc1cccc2cccnc12. The number of ether oxygens (including phenoxy) is 2. The number of pyridine rings is 1. The number of hydrogen-bond donors (Lipinski definition) is 1. The second-order valence-electron chi connectivity index (χ2n) is 4.39. The number of aromatic nitrogens is 1. The van der Waals surface area contributed by atoms with Crippen LogP contribution in [0.25, 0.3) is 10.9 Å². The number of nitrogens with zero attached hydrogens (tertiary/aromatic N) is 2. The van der Waals surface area contributed by atoms with E-state index in [1.807, 2.05) is 31.2 Å². The number of oxime groups is 1. The molecule has 1 aromatic heterocycles. The number of para-hydroxylation sites is 1. The molecule has 0 saturated heterocycles. The Labute approximate surface area is 127 Å². The Morgan fingerprint density at radius 3 is 2.95 bits per heavy atom. The zero-order valence-corrected chi connectivity index (χ0v) is 12.2. The van der Waals surface area contributed by atoms with Gasteiger partial charge in [-0.3, -0.25) is 9.82 Å². The number of rotatable bonds is 6. The molecule has 22 heavy (non-hydrogen) atoms. The molecule has 0 aliphatic rings. The van der Waals surface area contributed by atoms with E-state index in [0.717, 1.165) is 10.9 Å². The van der Waals surface area contributed by atoms with Crippen LogP contribution in [0.2, 0.25) is 0 Å². The van der Waals surface area contributed by atoms with Gasteiger partial charge in [0.05, 0.1) is 6.61 Å². The van der Waals surface area contributed by atoms with Gasteiger partial charge in [-0.2, -0.15) is 0 Å². The van der Waals surface area contributed by atoms with Crippen LogP contribution in [0.15, 0.2) is 41.7 Å². The average Bonchev–Trinajstić information content (AvgIpc) is 2.56. The molecule has 0 bridgehead atoms. The summed E-state index contributed by atoms with van der Waals surface area (Å²) in [5.74, 6) is 0.589. The summed E-state index contributed by atoms with van der Waals surface area (Å²) in [4.78, 5) is 19.8. The molecule has 0 saturated carbocycles.